The van der Waals surface area contributed by atoms with Crippen LogP contribution in [-0.4, -0.2) is 19.6 Å². The van der Waals surface area contributed by atoms with Crippen LogP contribution in [0.1, 0.15) is 5.82 Å². The second-order valence-electron chi connectivity index (χ2n) is 3.36. The number of aryl methyl sites for hydroxylation is 1. The fourth-order valence-electron chi connectivity index (χ4n) is 1.63. The topological polar surface area (TPSA) is 43.1 Å². The average molecular weight is 251 g/mol. The number of hydrogen-bond donors (Lipinski definition) is 0. The molecule has 3 aromatic heterocycles. The molecule has 0 saturated heterocycles. The van der Waals surface area contributed by atoms with Gasteiger partial charge >= 0.3 is 0 Å². The molecule has 0 spiro atoms. The maximum absolute atomic E-state index is 5.87. The zero-order valence-corrected chi connectivity index (χ0v) is 9.96. The summed E-state index contributed by atoms with van der Waals surface area (Å²) >= 11 is 7.50. The number of rotatable bonds is 1. The monoisotopic (exact) mass is 250 g/mol. The highest BCUT2D eigenvalue weighted by atomic mass is 35.5. The molecule has 3 aromatic rings. The van der Waals surface area contributed by atoms with Crippen molar-refractivity contribution in [1.29, 1.82) is 0 Å². The Hall–Kier alpha value is -1.46. The van der Waals surface area contributed by atoms with E-state index in [0.29, 0.717) is 5.15 Å². The quantitative estimate of drug-likeness (QED) is 0.624. The Bertz CT molecular complexity index is 644. The van der Waals surface area contributed by atoms with Gasteiger partial charge in [-0.1, -0.05) is 11.6 Å². The van der Waals surface area contributed by atoms with Crippen LogP contribution in [0.25, 0.3) is 17.0 Å². The predicted octanol–water partition coefficient (Wildman–Crippen LogP) is 2.81. The number of thiophene rings is 1. The van der Waals surface area contributed by atoms with Gasteiger partial charge in [-0.15, -0.1) is 10.2 Å². The van der Waals surface area contributed by atoms with Gasteiger partial charge in [0.05, 0.1) is 0 Å². The number of aromatic nitrogens is 4. The Morgan fingerprint density at radius 2 is 2.25 bits per heavy atom. The SMILES string of the molecule is Cc1nc(Cl)cc2nnc(-c3ccsc3)n12. The molecule has 0 N–H and O–H groups in total. The normalized spacial score (nSPS) is 11.1. The van der Waals surface area contributed by atoms with Crippen LogP contribution in [0.15, 0.2) is 22.9 Å². The van der Waals surface area contributed by atoms with Crippen molar-refractivity contribution in [2.75, 3.05) is 0 Å². The van der Waals surface area contributed by atoms with Crippen molar-refractivity contribution >= 4 is 28.6 Å². The zero-order valence-electron chi connectivity index (χ0n) is 8.38. The Kier molecular flexibility index (Phi) is 2.15. The molecule has 80 valence electrons. The lowest BCUT2D eigenvalue weighted by Gasteiger charge is -2.01. The molecule has 0 aliphatic carbocycles. The van der Waals surface area contributed by atoms with Gasteiger partial charge in [0, 0.05) is 17.0 Å². The first-order chi connectivity index (χ1) is 7.75. The Balaban J connectivity index is 2.36. The molecular formula is C10H7ClN4S. The molecule has 0 bridgehead atoms. The summed E-state index contributed by atoms with van der Waals surface area (Å²) in [5.41, 5.74) is 1.77. The van der Waals surface area contributed by atoms with E-state index in [0.717, 1.165) is 22.9 Å². The molecule has 0 aliphatic rings. The van der Waals surface area contributed by atoms with Crippen molar-refractivity contribution < 1.29 is 0 Å². The summed E-state index contributed by atoms with van der Waals surface area (Å²) in [5, 5.41) is 12.7. The molecule has 0 amide bonds. The molecule has 0 unspecified atom stereocenters. The van der Waals surface area contributed by atoms with Gasteiger partial charge in [-0.05, 0) is 18.4 Å². The predicted molar refractivity (Wildman–Crippen MR) is 63.8 cm³/mol. The summed E-state index contributed by atoms with van der Waals surface area (Å²) in [4.78, 5) is 4.20. The second-order valence-corrected chi connectivity index (χ2v) is 4.52. The van der Waals surface area contributed by atoms with Gasteiger partial charge in [0.25, 0.3) is 0 Å². The van der Waals surface area contributed by atoms with Crippen molar-refractivity contribution in [2.24, 2.45) is 0 Å². The van der Waals surface area contributed by atoms with Crippen molar-refractivity contribution in [3.8, 4) is 11.4 Å². The third-order valence-electron chi connectivity index (χ3n) is 2.31. The van der Waals surface area contributed by atoms with Crippen LogP contribution < -0.4 is 0 Å². The van der Waals surface area contributed by atoms with Crippen molar-refractivity contribution in [1.82, 2.24) is 19.6 Å². The molecule has 3 rings (SSSR count). The number of hydrogen-bond acceptors (Lipinski definition) is 4. The maximum atomic E-state index is 5.87. The lowest BCUT2D eigenvalue weighted by Crippen LogP contribution is -1.97. The Morgan fingerprint density at radius 3 is 3.00 bits per heavy atom. The van der Waals surface area contributed by atoms with Crippen molar-refractivity contribution in [3.05, 3.63) is 33.9 Å². The molecule has 0 atom stereocenters. The second kappa shape index (κ2) is 3.54. The van der Waals surface area contributed by atoms with E-state index in [1.165, 1.54) is 0 Å². The minimum absolute atomic E-state index is 0.439. The molecule has 3 heterocycles. The van der Waals surface area contributed by atoms with Crippen LogP contribution >= 0.6 is 22.9 Å². The molecule has 0 fully saturated rings. The van der Waals surface area contributed by atoms with E-state index in [-0.39, 0.29) is 0 Å². The summed E-state index contributed by atoms with van der Waals surface area (Å²) in [6.45, 7) is 1.89. The third kappa shape index (κ3) is 1.40. The highest BCUT2D eigenvalue weighted by Crippen LogP contribution is 2.22. The van der Waals surface area contributed by atoms with E-state index in [1.807, 2.05) is 28.2 Å². The van der Waals surface area contributed by atoms with Crippen LogP contribution in [0.4, 0.5) is 0 Å². The summed E-state index contributed by atoms with van der Waals surface area (Å²) in [6, 6.07) is 3.71. The average Bonchev–Trinajstić information content (AvgIpc) is 2.82. The first kappa shape index (κ1) is 9.74. The summed E-state index contributed by atoms with van der Waals surface area (Å²) in [7, 11) is 0. The van der Waals surface area contributed by atoms with Crippen LogP contribution in [0.2, 0.25) is 5.15 Å². The van der Waals surface area contributed by atoms with E-state index < -0.39 is 0 Å². The molecule has 0 aromatic carbocycles. The van der Waals surface area contributed by atoms with E-state index in [4.69, 9.17) is 11.6 Å². The maximum Gasteiger partial charge on any atom is 0.170 e. The van der Waals surface area contributed by atoms with E-state index in [9.17, 15) is 0 Å². The van der Waals surface area contributed by atoms with Gasteiger partial charge in [-0.2, -0.15) is 11.3 Å². The summed E-state index contributed by atoms with van der Waals surface area (Å²) in [5.74, 6) is 1.59. The van der Waals surface area contributed by atoms with Gasteiger partial charge in [-0.25, -0.2) is 4.98 Å². The fraction of sp³-hybridized carbons (Fsp3) is 0.100. The fourth-order valence-corrected chi connectivity index (χ4v) is 2.49. The van der Waals surface area contributed by atoms with Gasteiger partial charge in [0.2, 0.25) is 0 Å². The minimum Gasteiger partial charge on any atom is -0.263 e. The molecule has 6 heteroatoms. The lowest BCUT2D eigenvalue weighted by molar-refractivity contribution is 0.989. The van der Waals surface area contributed by atoms with Crippen LogP contribution in [0.5, 0.6) is 0 Å². The molecule has 0 aliphatic heterocycles. The molecule has 0 radical (unpaired) electrons. The van der Waals surface area contributed by atoms with Gasteiger partial charge in [0.15, 0.2) is 11.5 Å². The number of fused-ring (bicyclic) bond motifs is 1. The van der Waals surface area contributed by atoms with E-state index in [1.54, 1.807) is 17.4 Å². The van der Waals surface area contributed by atoms with Gasteiger partial charge < -0.3 is 0 Å². The highest BCUT2D eigenvalue weighted by Gasteiger charge is 2.11. The lowest BCUT2D eigenvalue weighted by atomic mass is 10.3. The van der Waals surface area contributed by atoms with Gasteiger partial charge in [-0.3, -0.25) is 4.40 Å². The third-order valence-corrected chi connectivity index (χ3v) is 3.18. The number of halogens is 1. The number of nitrogens with zero attached hydrogens (tertiary/aromatic N) is 4. The van der Waals surface area contributed by atoms with Crippen LogP contribution in [0.3, 0.4) is 0 Å². The van der Waals surface area contributed by atoms with Crippen molar-refractivity contribution in [2.45, 2.75) is 6.92 Å². The molecular weight excluding hydrogens is 244 g/mol. The first-order valence-corrected chi connectivity index (χ1v) is 5.98. The smallest absolute Gasteiger partial charge is 0.170 e. The largest absolute Gasteiger partial charge is 0.263 e. The Morgan fingerprint density at radius 1 is 1.38 bits per heavy atom. The zero-order chi connectivity index (χ0) is 11.1. The standard InChI is InChI=1S/C10H7ClN4S/c1-6-12-8(11)4-9-13-14-10(15(6)9)7-2-3-16-5-7/h2-5H,1H3. The van der Waals surface area contributed by atoms with Crippen molar-refractivity contribution in [3.63, 3.8) is 0 Å². The van der Waals surface area contributed by atoms with E-state index in [2.05, 4.69) is 15.2 Å². The molecule has 4 nitrogen and oxygen atoms in total. The molecule has 0 saturated carbocycles. The summed E-state index contributed by atoms with van der Waals surface area (Å²) < 4.78 is 1.90. The Labute approximate surface area is 101 Å². The van der Waals surface area contributed by atoms with Gasteiger partial charge in [0.1, 0.15) is 11.0 Å². The molecule has 16 heavy (non-hydrogen) atoms. The highest BCUT2D eigenvalue weighted by molar-refractivity contribution is 7.08. The minimum atomic E-state index is 0.439. The van der Waals surface area contributed by atoms with Crippen LogP contribution in [0, 0.1) is 6.92 Å². The summed E-state index contributed by atoms with van der Waals surface area (Å²) in [6.07, 6.45) is 0. The first-order valence-electron chi connectivity index (χ1n) is 4.66. The van der Waals surface area contributed by atoms with Crippen LogP contribution in [-0.2, 0) is 0 Å². The van der Waals surface area contributed by atoms with E-state index >= 15 is 0 Å².